The van der Waals surface area contributed by atoms with E-state index in [0.717, 1.165) is 10.9 Å². The van der Waals surface area contributed by atoms with Gasteiger partial charge in [0.05, 0.1) is 6.04 Å². The fourth-order valence-corrected chi connectivity index (χ4v) is 2.90. The summed E-state index contributed by atoms with van der Waals surface area (Å²) in [6.07, 6.45) is 0. The smallest absolute Gasteiger partial charge is 0.253 e. The number of aromatic nitrogens is 1. The number of halogens is 1. The minimum atomic E-state index is -1.24. The van der Waals surface area contributed by atoms with Crippen LogP contribution in [0.2, 0.25) is 5.02 Å². The molecular formula is C15H19ClN2O2S. The standard InChI is InChI=1S/C15H19ClN2O2S/c1-9(18-21(20)15(2,3)4)12-8-10-7-11(16)5-6-13(10)17-14(12)19/h5-9,18H,1-4H3,(H,17,19). The Balaban J connectivity index is 2.37. The molecule has 1 aromatic heterocycles. The van der Waals surface area contributed by atoms with Crippen LogP contribution in [0.4, 0.5) is 0 Å². The largest absolute Gasteiger partial charge is 0.598 e. The normalized spacial score (nSPS) is 15.1. The summed E-state index contributed by atoms with van der Waals surface area (Å²) in [5.41, 5.74) is 1.09. The van der Waals surface area contributed by atoms with Crippen molar-refractivity contribution in [2.24, 2.45) is 0 Å². The molecule has 2 aromatic rings. The topological polar surface area (TPSA) is 67.9 Å². The van der Waals surface area contributed by atoms with Crippen LogP contribution in [0.3, 0.4) is 0 Å². The highest BCUT2D eigenvalue weighted by atomic mass is 35.5. The summed E-state index contributed by atoms with van der Waals surface area (Å²) < 4.78 is 14.7. The molecule has 0 aliphatic carbocycles. The van der Waals surface area contributed by atoms with Crippen molar-refractivity contribution in [1.29, 1.82) is 0 Å². The maximum atomic E-state index is 12.2. The Hall–Kier alpha value is -1.01. The molecule has 0 amide bonds. The third kappa shape index (κ3) is 3.80. The minimum absolute atomic E-state index is 0.185. The molecule has 4 nitrogen and oxygen atoms in total. The second-order valence-electron chi connectivity index (χ2n) is 6.01. The number of rotatable bonds is 3. The molecule has 114 valence electrons. The molecule has 0 saturated heterocycles. The molecule has 0 bridgehead atoms. The van der Waals surface area contributed by atoms with Crippen molar-refractivity contribution in [1.82, 2.24) is 9.71 Å². The third-order valence-corrected chi connectivity index (χ3v) is 5.06. The van der Waals surface area contributed by atoms with Crippen LogP contribution in [0.25, 0.3) is 10.9 Å². The number of nitrogens with one attached hydrogen (secondary N) is 2. The molecule has 21 heavy (non-hydrogen) atoms. The number of aromatic amines is 1. The molecular weight excluding hydrogens is 308 g/mol. The summed E-state index contributed by atoms with van der Waals surface area (Å²) in [6, 6.07) is 6.77. The van der Waals surface area contributed by atoms with Gasteiger partial charge in [-0.25, -0.2) is 0 Å². The van der Waals surface area contributed by atoms with Gasteiger partial charge in [-0.05, 0) is 52.0 Å². The van der Waals surface area contributed by atoms with Gasteiger partial charge in [0, 0.05) is 32.9 Å². The van der Waals surface area contributed by atoms with Crippen molar-refractivity contribution >= 4 is 33.9 Å². The van der Waals surface area contributed by atoms with Gasteiger partial charge in [-0.2, -0.15) is 0 Å². The second-order valence-corrected chi connectivity index (χ2v) is 8.44. The lowest BCUT2D eigenvalue weighted by Crippen LogP contribution is -2.41. The van der Waals surface area contributed by atoms with Gasteiger partial charge in [0.2, 0.25) is 0 Å². The van der Waals surface area contributed by atoms with Crippen molar-refractivity contribution in [3.05, 3.63) is 45.2 Å². The van der Waals surface area contributed by atoms with Gasteiger partial charge in [-0.3, -0.25) is 4.79 Å². The lowest BCUT2D eigenvalue weighted by molar-refractivity contribution is 0.530. The summed E-state index contributed by atoms with van der Waals surface area (Å²) in [5.74, 6) is 0. The Morgan fingerprint density at radius 3 is 2.62 bits per heavy atom. The molecule has 2 N–H and O–H groups in total. The number of hydrogen-bond donors (Lipinski definition) is 2. The van der Waals surface area contributed by atoms with Crippen LogP contribution >= 0.6 is 11.6 Å². The molecule has 2 atom stereocenters. The van der Waals surface area contributed by atoms with Gasteiger partial charge in [0.15, 0.2) is 0 Å². The number of hydrogen-bond acceptors (Lipinski definition) is 3. The molecule has 6 heteroatoms. The molecule has 2 unspecified atom stereocenters. The first-order valence-electron chi connectivity index (χ1n) is 6.69. The number of H-pyrrole nitrogens is 1. The van der Waals surface area contributed by atoms with E-state index in [1.54, 1.807) is 24.3 Å². The third-order valence-electron chi connectivity index (χ3n) is 3.14. The predicted molar refractivity (Wildman–Crippen MR) is 89.0 cm³/mol. The number of pyridine rings is 1. The van der Waals surface area contributed by atoms with E-state index in [1.807, 2.05) is 27.7 Å². The quantitative estimate of drug-likeness (QED) is 0.850. The van der Waals surface area contributed by atoms with E-state index in [1.165, 1.54) is 0 Å². The maximum absolute atomic E-state index is 12.2. The fraction of sp³-hybridized carbons (Fsp3) is 0.400. The predicted octanol–water partition coefficient (Wildman–Crippen LogP) is 3.29. The van der Waals surface area contributed by atoms with Crippen LogP contribution in [0.5, 0.6) is 0 Å². The first-order valence-corrected chi connectivity index (χ1v) is 8.22. The van der Waals surface area contributed by atoms with Crippen LogP contribution in [0.1, 0.15) is 39.3 Å². The van der Waals surface area contributed by atoms with Gasteiger partial charge in [0.1, 0.15) is 4.75 Å². The van der Waals surface area contributed by atoms with E-state index in [0.29, 0.717) is 10.6 Å². The molecule has 1 heterocycles. The zero-order chi connectivity index (χ0) is 15.8. The van der Waals surface area contributed by atoms with Crippen molar-refractivity contribution in [3.8, 4) is 0 Å². The highest BCUT2D eigenvalue weighted by molar-refractivity contribution is 7.90. The highest BCUT2D eigenvalue weighted by Gasteiger charge is 2.29. The number of fused-ring (bicyclic) bond motifs is 1. The monoisotopic (exact) mass is 326 g/mol. The molecule has 0 radical (unpaired) electrons. The van der Waals surface area contributed by atoms with Crippen LogP contribution in [-0.4, -0.2) is 14.3 Å². The average Bonchev–Trinajstić information content (AvgIpc) is 2.37. The van der Waals surface area contributed by atoms with Crippen molar-refractivity contribution in [2.45, 2.75) is 38.5 Å². The summed E-state index contributed by atoms with van der Waals surface area (Å²) in [6.45, 7) is 7.47. The zero-order valence-electron chi connectivity index (χ0n) is 12.5. The number of benzene rings is 1. The zero-order valence-corrected chi connectivity index (χ0v) is 14.1. The summed E-state index contributed by atoms with van der Waals surface area (Å²) >= 11 is 4.74. The molecule has 1 aromatic carbocycles. The molecule has 0 aliphatic heterocycles. The maximum Gasteiger partial charge on any atom is 0.253 e. The Kier molecular flexibility index (Phi) is 4.68. The highest BCUT2D eigenvalue weighted by Crippen LogP contribution is 2.21. The Morgan fingerprint density at radius 2 is 2.00 bits per heavy atom. The Morgan fingerprint density at radius 1 is 1.33 bits per heavy atom. The Bertz CT molecular complexity index is 709. The van der Waals surface area contributed by atoms with E-state index < -0.39 is 11.4 Å². The van der Waals surface area contributed by atoms with E-state index >= 15 is 0 Å². The molecule has 0 saturated carbocycles. The molecule has 0 fully saturated rings. The van der Waals surface area contributed by atoms with Crippen LogP contribution < -0.4 is 10.3 Å². The second kappa shape index (κ2) is 6.01. The lowest BCUT2D eigenvalue weighted by atomic mass is 10.1. The first-order chi connectivity index (χ1) is 9.68. The van der Waals surface area contributed by atoms with E-state index in [9.17, 15) is 9.35 Å². The van der Waals surface area contributed by atoms with Gasteiger partial charge in [-0.1, -0.05) is 11.6 Å². The molecule has 2 rings (SSSR count). The SMILES string of the molecule is CC(N[S+]([O-])C(C)(C)C)c1cc2cc(Cl)ccc2[nH]c1=O. The van der Waals surface area contributed by atoms with Crippen LogP contribution in [0, 0.1) is 0 Å². The molecule has 0 aliphatic rings. The lowest BCUT2D eigenvalue weighted by Gasteiger charge is -2.26. The summed E-state index contributed by atoms with van der Waals surface area (Å²) in [7, 11) is 0. The van der Waals surface area contributed by atoms with Gasteiger partial charge in [-0.15, -0.1) is 4.72 Å². The van der Waals surface area contributed by atoms with E-state index in [2.05, 4.69) is 9.71 Å². The van der Waals surface area contributed by atoms with E-state index in [-0.39, 0.29) is 16.3 Å². The minimum Gasteiger partial charge on any atom is -0.598 e. The Labute approximate surface area is 132 Å². The van der Waals surface area contributed by atoms with Crippen LogP contribution in [-0.2, 0) is 11.4 Å². The van der Waals surface area contributed by atoms with Crippen molar-refractivity contribution in [3.63, 3.8) is 0 Å². The van der Waals surface area contributed by atoms with E-state index in [4.69, 9.17) is 11.6 Å². The van der Waals surface area contributed by atoms with Crippen LogP contribution in [0.15, 0.2) is 29.1 Å². The van der Waals surface area contributed by atoms with Gasteiger partial charge in [0.25, 0.3) is 5.56 Å². The average molecular weight is 327 g/mol. The van der Waals surface area contributed by atoms with Crippen molar-refractivity contribution in [2.75, 3.05) is 0 Å². The summed E-state index contributed by atoms with van der Waals surface area (Å²) in [5, 5.41) is 1.46. The van der Waals surface area contributed by atoms with Gasteiger partial charge >= 0.3 is 0 Å². The first kappa shape index (κ1) is 16.4. The van der Waals surface area contributed by atoms with Crippen molar-refractivity contribution < 1.29 is 4.55 Å². The van der Waals surface area contributed by atoms with Gasteiger partial charge < -0.3 is 9.54 Å². The summed E-state index contributed by atoms with van der Waals surface area (Å²) in [4.78, 5) is 15.0. The molecule has 0 spiro atoms. The fourth-order valence-electron chi connectivity index (χ4n) is 1.92.